The van der Waals surface area contributed by atoms with E-state index in [1.807, 2.05) is 37.6 Å². The molecule has 174 valence electrons. The average molecular weight is 442 g/mol. The van der Waals surface area contributed by atoms with Crippen LogP contribution in [-0.4, -0.2) is 58.5 Å². The molecule has 2 saturated heterocycles. The number of amides is 3. The Hall–Kier alpha value is -2.57. The Balaban J connectivity index is 1.35. The Morgan fingerprint density at radius 3 is 2.09 bits per heavy atom. The summed E-state index contributed by atoms with van der Waals surface area (Å²) in [6, 6.07) is 7.46. The van der Waals surface area contributed by atoms with Gasteiger partial charge < -0.3 is 19.9 Å². The maximum atomic E-state index is 13.1. The van der Waals surface area contributed by atoms with Gasteiger partial charge in [-0.2, -0.15) is 0 Å². The van der Waals surface area contributed by atoms with Crippen LogP contribution in [0.3, 0.4) is 0 Å². The molecule has 3 aliphatic rings. The van der Waals surface area contributed by atoms with Crippen LogP contribution in [0.4, 0.5) is 10.5 Å². The Bertz CT molecular complexity index is 877. The van der Waals surface area contributed by atoms with Crippen molar-refractivity contribution in [1.82, 2.24) is 9.80 Å². The Kier molecular flexibility index (Phi) is 5.94. The standard InChI is InChI=1S/C25H35N3O4/c1-15-12-21(15)22(29)26-17-8-6-16(7-9-17)23(30)27(5)20-13-18-10-11-19(14-20)28(18)24(31)32-25(2,3)4/h6-9,15,18-21H,10-14H2,1-5H3,(H,26,29). The predicted molar refractivity (Wildman–Crippen MR) is 122 cm³/mol. The van der Waals surface area contributed by atoms with Gasteiger partial charge in [0.05, 0.1) is 0 Å². The SMILES string of the molecule is CC1CC1C(=O)Nc1ccc(C(=O)N(C)C2CC3CCC(C2)N3C(=O)OC(C)(C)C)cc1. The third-order valence-corrected chi connectivity index (χ3v) is 7.03. The molecule has 2 aliphatic heterocycles. The smallest absolute Gasteiger partial charge is 0.410 e. The zero-order valence-corrected chi connectivity index (χ0v) is 19.8. The molecule has 2 bridgehead atoms. The van der Waals surface area contributed by atoms with Crippen LogP contribution < -0.4 is 5.32 Å². The highest BCUT2D eigenvalue weighted by Gasteiger charge is 2.46. The van der Waals surface area contributed by atoms with Crippen molar-refractivity contribution in [2.45, 2.75) is 83.5 Å². The Labute approximate surface area is 190 Å². The van der Waals surface area contributed by atoms with E-state index in [0.717, 1.165) is 37.8 Å². The number of hydrogen-bond acceptors (Lipinski definition) is 4. The summed E-state index contributed by atoms with van der Waals surface area (Å²) < 4.78 is 5.61. The van der Waals surface area contributed by atoms with Gasteiger partial charge in [-0.3, -0.25) is 9.59 Å². The average Bonchev–Trinajstić information content (AvgIpc) is 3.40. The third kappa shape index (κ3) is 4.76. The summed E-state index contributed by atoms with van der Waals surface area (Å²) in [5, 5.41) is 2.93. The van der Waals surface area contributed by atoms with E-state index in [-0.39, 0.29) is 42.0 Å². The Morgan fingerprint density at radius 1 is 1.03 bits per heavy atom. The van der Waals surface area contributed by atoms with E-state index in [4.69, 9.17) is 4.74 Å². The fourth-order valence-corrected chi connectivity index (χ4v) is 5.07. The van der Waals surface area contributed by atoms with Gasteiger partial charge in [-0.05, 0) is 83.1 Å². The summed E-state index contributed by atoms with van der Waals surface area (Å²) in [7, 11) is 1.85. The van der Waals surface area contributed by atoms with Crippen LogP contribution in [0.5, 0.6) is 0 Å². The zero-order valence-electron chi connectivity index (χ0n) is 19.8. The lowest BCUT2D eigenvalue weighted by Crippen LogP contribution is -2.53. The molecule has 0 radical (unpaired) electrons. The van der Waals surface area contributed by atoms with Gasteiger partial charge in [-0.25, -0.2) is 4.79 Å². The van der Waals surface area contributed by atoms with E-state index < -0.39 is 5.60 Å². The molecule has 3 fully saturated rings. The number of carbonyl (C=O) groups excluding carboxylic acids is 3. The molecule has 1 N–H and O–H groups in total. The van der Waals surface area contributed by atoms with Crippen LogP contribution in [0.1, 0.15) is 70.2 Å². The van der Waals surface area contributed by atoms with Crippen molar-refractivity contribution in [2.24, 2.45) is 11.8 Å². The second-order valence-electron chi connectivity index (χ2n) is 10.7. The van der Waals surface area contributed by atoms with E-state index in [1.54, 1.807) is 24.3 Å². The number of hydrogen-bond donors (Lipinski definition) is 1. The maximum absolute atomic E-state index is 13.1. The fraction of sp³-hybridized carbons (Fsp3) is 0.640. The highest BCUT2D eigenvalue weighted by molar-refractivity contribution is 5.97. The van der Waals surface area contributed by atoms with Crippen LogP contribution in [0.25, 0.3) is 0 Å². The molecular formula is C25H35N3O4. The summed E-state index contributed by atoms with van der Waals surface area (Å²) in [5.41, 5.74) is 0.812. The first kappa shape index (κ1) is 22.6. The van der Waals surface area contributed by atoms with Gasteiger partial charge in [0.25, 0.3) is 5.91 Å². The number of piperidine rings is 1. The van der Waals surface area contributed by atoms with Gasteiger partial charge in [-0.15, -0.1) is 0 Å². The van der Waals surface area contributed by atoms with Crippen LogP contribution in [0.15, 0.2) is 24.3 Å². The van der Waals surface area contributed by atoms with Crippen molar-refractivity contribution in [1.29, 1.82) is 0 Å². The topological polar surface area (TPSA) is 79.0 Å². The normalized spacial score (nSPS) is 28.8. The van der Waals surface area contributed by atoms with Crippen LogP contribution in [0.2, 0.25) is 0 Å². The molecule has 7 nitrogen and oxygen atoms in total. The van der Waals surface area contributed by atoms with Crippen molar-refractivity contribution in [2.75, 3.05) is 12.4 Å². The minimum absolute atomic E-state index is 0.0335. The number of carbonyl (C=O) groups is 3. The molecule has 3 amide bonds. The quantitative estimate of drug-likeness (QED) is 0.756. The molecule has 2 heterocycles. The molecule has 32 heavy (non-hydrogen) atoms. The molecule has 4 rings (SSSR count). The molecule has 1 saturated carbocycles. The number of nitrogens with zero attached hydrogens (tertiary/aromatic N) is 2. The van der Waals surface area contributed by atoms with Gasteiger partial charge in [0.15, 0.2) is 0 Å². The first-order valence-corrected chi connectivity index (χ1v) is 11.7. The van der Waals surface area contributed by atoms with Crippen molar-refractivity contribution in [3.63, 3.8) is 0 Å². The summed E-state index contributed by atoms with van der Waals surface area (Å²) in [4.78, 5) is 41.6. The number of benzene rings is 1. The second-order valence-corrected chi connectivity index (χ2v) is 10.7. The molecule has 0 spiro atoms. The van der Waals surface area contributed by atoms with Gasteiger partial charge in [0, 0.05) is 42.3 Å². The highest BCUT2D eigenvalue weighted by atomic mass is 16.6. The number of nitrogens with one attached hydrogen (secondary N) is 1. The van der Waals surface area contributed by atoms with Crippen molar-refractivity contribution in [3.05, 3.63) is 29.8 Å². The monoisotopic (exact) mass is 441 g/mol. The minimum Gasteiger partial charge on any atom is -0.444 e. The van der Waals surface area contributed by atoms with Gasteiger partial charge >= 0.3 is 6.09 Å². The van der Waals surface area contributed by atoms with E-state index in [0.29, 0.717) is 11.5 Å². The second kappa shape index (κ2) is 8.41. The van der Waals surface area contributed by atoms with E-state index >= 15 is 0 Å². The van der Waals surface area contributed by atoms with E-state index in [2.05, 4.69) is 12.2 Å². The maximum Gasteiger partial charge on any atom is 0.410 e. The van der Waals surface area contributed by atoms with Crippen LogP contribution >= 0.6 is 0 Å². The molecular weight excluding hydrogens is 406 g/mol. The van der Waals surface area contributed by atoms with Crippen molar-refractivity contribution >= 4 is 23.6 Å². The molecule has 7 heteroatoms. The van der Waals surface area contributed by atoms with Crippen LogP contribution in [0, 0.1) is 11.8 Å². The third-order valence-electron chi connectivity index (χ3n) is 7.03. The van der Waals surface area contributed by atoms with Gasteiger partial charge in [0.2, 0.25) is 5.91 Å². The predicted octanol–water partition coefficient (Wildman–Crippen LogP) is 4.28. The summed E-state index contributed by atoms with van der Waals surface area (Å²) in [6.07, 6.45) is 4.15. The van der Waals surface area contributed by atoms with E-state index in [9.17, 15) is 14.4 Å². The molecule has 4 atom stereocenters. The minimum atomic E-state index is -0.511. The molecule has 4 unspecified atom stereocenters. The first-order chi connectivity index (χ1) is 15.0. The Morgan fingerprint density at radius 2 is 1.59 bits per heavy atom. The van der Waals surface area contributed by atoms with Gasteiger partial charge in [0.1, 0.15) is 5.60 Å². The first-order valence-electron chi connectivity index (χ1n) is 11.7. The lowest BCUT2D eigenvalue weighted by molar-refractivity contribution is -0.117. The fourth-order valence-electron chi connectivity index (χ4n) is 5.07. The lowest BCUT2D eigenvalue weighted by atomic mass is 9.96. The lowest BCUT2D eigenvalue weighted by Gasteiger charge is -2.42. The molecule has 0 aromatic heterocycles. The largest absolute Gasteiger partial charge is 0.444 e. The number of ether oxygens (including phenoxy) is 1. The van der Waals surface area contributed by atoms with Crippen molar-refractivity contribution in [3.8, 4) is 0 Å². The molecule has 1 aliphatic carbocycles. The summed E-state index contributed by atoms with van der Waals surface area (Å²) in [6.45, 7) is 7.73. The molecule has 1 aromatic rings. The number of anilines is 1. The number of rotatable bonds is 4. The summed E-state index contributed by atoms with van der Waals surface area (Å²) in [5.74, 6) is 0.598. The highest BCUT2D eigenvalue weighted by Crippen LogP contribution is 2.39. The van der Waals surface area contributed by atoms with Gasteiger partial charge in [-0.1, -0.05) is 6.92 Å². The zero-order chi connectivity index (χ0) is 23.2. The summed E-state index contributed by atoms with van der Waals surface area (Å²) >= 11 is 0. The number of fused-ring (bicyclic) bond motifs is 2. The molecule has 1 aromatic carbocycles. The van der Waals surface area contributed by atoms with E-state index in [1.165, 1.54) is 0 Å². The van der Waals surface area contributed by atoms with Crippen molar-refractivity contribution < 1.29 is 19.1 Å². The van der Waals surface area contributed by atoms with Crippen LogP contribution in [-0.2, 0) is 9.53 Å².